The molecule has 0 atom stereocenters. The Hall–Kier alpha value is -2.41. The third-order valence-corrected chi connectivity index (χ3v) is 4.74. The molecule has 2 N–H and O–H groups in total. The van der Waals surface area contributed by atoms with Crippen LogP contribution in [-0.2, 0) is 13.1 Å². The van der Waals surface area contributed by atoms with E-state index in [0.717, 1.165) is 38.2 Å². The number of hydrogen-bond acceptors (Lipinski definition) is 4. The first-order valence-corrected chi connectivity index (χ1v) is 8.81. The number of aryl methyl sites for hydroxylation is 2. The second kappa shape index (κ2) is 7.65. The van der Waals surface area contributed by atoms with E-state index in [4.69, 9.17) is 0 Å². The monoisotopic (exact) mass is 343 g/mol. The third-order valence-electron chi connectivity index (χ3n) is 4.74. The van der Waals surface area contributed by atoms with Crippen molar-refractivity contribution < 1.29 is 4.79 Å². The van der Waals surface area contributed by atoms with E-state index in [0.29, 0.717) is 12.1 Å². The van der Waals surface area contributed by atoms with Gasteiger partial charge in [-0.15, -0.1) is 0 Å². The molecule has 0 bridgehead atoms. The normalized spacial score (nSPS) is 15.3. The fraction of sp³-hybridized carbons (Fsp3) is 0.500. The summed E-state index contributed by atoms with van der Waals surface area (Å²) in [7, 11) is 0. The Morgan fingerprint density at radius 3 is 2.84 bits per heavy atom. The Morgan fingerprint density at radius 2 is 2.16 bits per heavy atom. The largest absolute Gasteiger partial charge is 0.346 e. The summed E-state index contributed by atoms with van der Waals surface area (Å²) in [6.45, 7) is 6.77. The summed E-state index contributed by atoms with van der Waals surface area (Å²) in [4.78, 5) is 29.7. The van der Waals surface area contributed by atoms with Crippen molar-refractivity contribution in [1.82, 2.24) is 24.8 Å². The molecular formula is C18H25N5O2. The predicted octanol–water partition coefficient (Wildman–Crippen LogP) is 1.23. The van der Waals surface area contributed by atoms with Gasteiger partial charge in [-0.1, -0.05) is 0 Å². The van der Waals surface area contributed by atoms with Gasteiger partial charge < -0.3 is 19.8 Å². The second-order valence-corrected chi connectivity index (χ2v) is 6.45. The number of carbonyl (C=O) groups excluding carboxylic acids is 1. The van der Waals surface area contributed by atoms with Gasteiger partial charge in [-0.25, -0.2) is 4.98 Å². The average molecular weight is 343 g/mol. The Balaban J connectivity index is 1.78. The summed E-state index contributed by atoms with van der Waals surface area (Å²) in [6.07, 6.45) is 7.25. The molecule has 1 aliphatic rings. The molecule has 7 nitrogen and oxygen atoms in total. The molecular weight excluding hydrogens is 318 g/mol. The van der Waals surface area contributed by atoms with Crippen molar-refractivity contribution in [2.24, 2.45) is 0 Å². The Bertz CT molecular complexity index is 802. The summed E-state index contributed by atoms with van der Waals surface area (Å²) < 4.78 is 3.66. The molecule has 1 amide bonds. The standard InChI is InChI=1S/C18H25N5O2/c1-3-22-11-14(21-12-22)10-20-17(24)16-13(2)6-9-23(18(16)25)15-4-7-19-8-5-15/h6,9,11-12,15,19H,3-5,7-8,10H2,1-2H3,(H,20,24). The summed E-state index contributed by atoms with van der Waals surface area (Å²) in [5.74, 6) is -0.336. The topological polar surface area (TPSA) is 81.0 Å². The van der Waals surface area contributed by atoms with Gasteiger partial charge in [-0.2, -0.15) is 0 Å². The maximum absolute atomic E-state index is 12.9. The molecule has 25 heavy (non-hydrogen) atoms. The van der Waals surface area contributed by atoms with Gasteiger partial charge in [0.05, 0.1) is 18.6 Å². The molecule has 0 unspecified atom stereocenters. The minimum atomic E-state index is -0.336. The van der Waals surface area contributed by atoms with Crippen molar-refractivity contribution in [3.63, 3.8) is 0 Å². The molecule has 1 aliphatic heterocycles. The lowest BCUT2D eigenvalue weighted by Crippen LogP contribution is -2.38. The van der Waals surface area contributed by atoms with Crippen LogP contribution in [0, 0.1) is 6.92 Å². The molecule has 134 valence electrons. The molecule has 0 spiro atoms. The first-order valence-electron chi connectivity index (χ1n) is 8.81. The van der Waals surface area contributed by atoms with Crippen LogP contribution in [0.2, 0.25) is 0 Å². The van der Waals surface area contributed by atoms with E-state index < -0.39 is 0 Å². The van der Waals surface area contributed by atoms with Crippen LogP contribution in [0.15, 0.2) is 29.6 Å². The molecule has 0 aromatic carbocycles. The number of nitrogens with one attached hydrogen (secondary N) is 2. The lowest BCUT2D eigenvalue weighted by Gasteiger charge is -2.25. The zero-order valence-corrected chi connectivity index (χ0v) is 14.8. The predicted molar refractivity (Wildman–Crippen MR) is 95.7 cm³/mol. The molecule has 3 rings (SSSR count). The van der Waals surface area contributed by atoms with Crippen LogP contribution < -0.4 is 16.2 Å². The number of aromatic nitrogens is 3. The summed E-state index contributed by atoms with van der Waals surface area (Å²) in [6, 6.07) is 2.01. The zero-order valence-electron chi connectivity index (χ0n) is 14.8. The highest BCUT2D eigenvalue weighted by atomic mass is 16.2. The SMILES string of the molecule is CCn1cnc(CNC(=O)c2c(C)ccn(C3CCNCC3)c2=O)c1. The number of pyridine rings is 1. The number of rotatable bonds is 5. The van der Waals surface area contributed by atoms with Crippen molar-refractivity contribution in [3.8, 4) is 0 Å². The molecule has 2 aromatic heterocycles. The first-order chi connectivity index (χ1) is 12.1. The smallest absolute Gasteiger partial charge is 0.263 e. The van der Waals surface area contributed by atoms with Gasteiger partial charge in [-0.05, 0) is 51.4 Å². The number of nitrogens with zero attached hydrogens (tertiary/aromatic N) is 3. The van der Waals surface area contributed by atoms with Crippen LogP contribution in [0.3, 0.4) is 0 Å². The van der Waals surface area contributed by atoms with Gasteiger partial charge >= 0.3 is 0 Å². The average Bonchev–Trinajstić information content (AvgIpc) is 3.09. The van der Waals surface area contributed by atoms with Crippen molar-refractivity contribution in [2.45, 2.75) is 45.8 Å². The minimum absolute atomic E-state index is 0.154. The Labute approximate surface area is 147 Å². The van der Waals surface area contributed by atoms with Gasteiger partial charge in [0.2, 0.25) is 0 Å². The Morgan fingerprint density at radius 1 is 1.40 bits per heavy atom. The molecule has 1 saturated heterocycles. The fourth-order valence-corrected chi connectivity index (χ4v) is 3.22. The van der Waals surface area contributed by atoms with Crippen LogP contribution in [0.1, 0.15) is 47.4 Å². The van der Waals surface area contributed by atoms with Gasteiger partial charge in [0.25, 0.3) is 11.5 Å². The molecule has 3 heterocycles. The number of carbonyl (C=O) groups is 1. The van der Waals surface area contributed by atoms with E-state index in [2.05, 4.69) is 15.6 Å². The second-order valence-electron chi connectivity index (χ2n) is 6.45. The zero-order chi connectivity index (χ0) is 17.8. The van der Waals surface area contributed by atoms with E-state index in [1.807, 2.05) is 30.0 Å². The molecule has 7 heteroatoms. The van der Waals surface area contributed by atoms with Gasteiger partial charge in [0.15, 0.2) is 0 Å². The van der Waals surface area contributed by atoms with Gasteiger partial charge in [0, 0.05) is 25.0 Å². The van der Waals surface area contributed by atoms with Crippen molar-refractivity contribution in [3.05, 3.63) is 52.0 Å². The van der Waals surface area contributed by atoms with E-state index >= 15 is 0 Å². The highest BCUT2D eigenvalue weighted by Gasteiger charge is 2.21. The van der Waals surface area contributed by atoms with Crippen LogP contribution in [0.5, 0.6) is 0 Å². The Kier molecular flexibility index (Phi) is 5.33. The van der Waals surface area contributed by atoms with E-state index in [1.165, 1.54) is 0 Å². The molecule has 0 aliphatic carbocycles. The number of amides is 1. The van der Waals surface area contributed by atoms with Crippen LogP contribution in [0.25, 0.3) is 0 Å². The number of hydrogen-bond donors (Lipinski definition) is 2. The molecule has 0 saturated carbocycles. The summed E-state index contributed by atoms with van der Waals surface area (Å²) >= 11 is 0. The quantitative estimate of drug-likeness (QED) is 0.856. The maximum Gasteiger partial charge on any atom is 0.263 e. The number of imidazole rings is 1. The van der Waals surface area contributed by atoms with E-state index in [-0.39, 0.29) is 23.1 Å². The maximum atomic E-state index is 12.9. The number of piperidine rings is 1. The lowest BCUT2D eigenvalue weighted by molar-refractivity contribution is 0.0947. The first kappa shape index (κ1) is 17.4. The van der Waals surface area contributed by atoms with Crippen LogP contribution in [0.4, 0.5) is 0 Å². The lowest BCUT2D eigenvalue weighted by atomic mass is 10.0. The fourth-order valence-electron chi connectivity index (χ4n) is 3.22. The van der Waals surface area contributed by atoms with Gasteiger partial charge in [0.1, 0.15) is 5.56 Å². The van der Waals surface area contributed by atoms with Crippen LogP contribution >= 0.6 is 0 Å². The summed E-state index contributed by atoms with van der Waals surface area (Å²) in [5.41, 5.74) is 1.51. The van der Waals surface area contributed by atoms with E-state index in [1.54, 1.807) is 17.8 Å². The van der Waals surface area contributed by atoms with Crippen molar-refractivity contribution in [2.75, 3.05) is 13.1 Å². The van der Waals surface area contributed by atoms with Crippen molar-refractivity contribution in [1.29, 1.82) is 0 Å². The van der Waals surface area contributed by atoms with Crippen molar-refractivity contribution >= 4 is 5.91 Å². The van der Waals surface area contributed by atoms with Gasteiger partial charge in [-0.3, -0.25) is 9.59 Å². The third kappa shape index (κ3) is 3.82. The molecule has 0 radical (unpaired) electrons. The summed E-state index contributed by atoms with van der Waals surface area (Å²) in [5, 5.41) is 6.12. The molecule has 1 fully saturated rings. The highest BCUT2D eigenvalue weighted by Crippen LogP contribution is 2.17. The minimum Gasteiger partial charge on any atom is -0.346 e. The highest BCUT2D eigenvalue weighted by molar-refractivity contribution is 5.95. The molecule has 2 aromatic rings. The van der Waals surface area contributed by atoms with Crippen LogP contribution in [-0.4, -0.2) is 33.1 Å². The van der Waals surface area contributed by atoms with E-state index in [9.17, 15) is 9.59 Å².